The maximum absolute atomic E-state index is 14.1. The molecule has 9 heteroatoms. The fourth-order valence-electron chi connectivity index (χ4n) is 7.33. The maximum Gasteiger partial charge on any atom is 0.326 e. The van der Waals surface area contributed by atoms with E-state index in [-0.39, 0.29) is 30.2 Å². The number of amides is 1. The second-order valence-corrected chi connectivity index (χ2v) is 11.9. The van der Waals surface area contributed by atoms with Gasteiger partial charge in [-0.2, -0.15) is 0 Å². The number of rotatable bonds is 6. The zero-order chi connectivity index (χ0) is 28.2. The van der Waals surface area contributed by atoms with Crippen molar-refractivity contribution in [2.24, 2.45) is 5.41 Å². The lowest BCUT2D eigenvalue weighted by molar-refractivity contribution is -0.186. The first-order valence-corrected chi connectivity index (χ1v) is 14.0. The number of nitrogens with one attached hydrogen (secondary N) is 1. The van der Waals surface area contributed by atoms with Crippen LogP contribution in [0.5, 0.6) is 5.75 Å². The molecule has 7 nitrogen and oxygen atoms in total. The summed E-state index contributed by atoms with van der Waals surface area (Å²) in [6.07, 6.45) is 4.22. The second kappa shape index (κ2) is 9.87. The summed E-state index contributed by atoms with van der Waals surface area (Å²) in [5.41, 5.74) is 4.24. The van der Waals surface area contributed by atoms with Gasteiger partial charge in [-0.25, -0.2) is 13.6 Å². The number of fused-ring (bicyclic) bond motifs is 1. The van der Waals surface area contributed by atoms with Gasteiger partial charge < -0.3 is 19.7 Å². The number of aryl methyl sites for hydroxylation is 1. The van der Waals surface area contributed by atoms with Crippen molar-refractivity contribution in [3.63, 3.8) is 0 Å². The van der Waals surface area contributed by atoms with Crippen molar-refractivity contribution in [1.29, 1.82) is 0 Å². The summed E-state index contributed by atoms with van der Waals surface area (Å²) < 4.78 is 33.9. The van der Waals surface area contributed by atoms with E-state index in [9.17, 15) is 23.5 Å². The van der Waals surface area contributed by atoms with E-state index in [0.717, 1.165) is 33.3 Å². The predicted molar refractivity (Wildman–Crippen MR) is 147 cm³/mol. The molecular formula is C31H35F2N3O4. The number of aromatic nitrogens is 1. The van der Waals surface area contributed by atoms with Crippen LogP contribution in [-0.4, -0.2) is 63.9 Å². The number of carbonyl (C=O) groups is 2. The maximum atomic E-state index is 14.1. The van der Waals surface area contributed by atoms with Gasteiger partial charge in [0.1, 0.15) is 11.8 Å². The highest BCUT2D eigenvalue weighted by Crippen LogP contribution is 2.60. The Labute approximate surface area is 232 Å². The number of hydrogen-bond donors (Lipinski definition) is 2. The van der Waals surface area contributed by atoms with E-state index in [4.69, 9.17) is 4.74 Å². The van der Waals surface area contributed by atoms with Gasteiger partial charge in [0.15, 0.2) is 0 Å². The number of benzene rings is 2. The van der Waals surface area contributed by atoms with E-state index >= 15 is 0 Å². The largest absolute Gasteiger partial charge is 0.496 e. The molecule has 1 aromatic heterocycles. The molecule has 2 N–H and O–H groups in total. The van der Waals surface area contributed by atoms with Crippen LogP contribution >= 0.6 is 0 Å². The summed E-state index contributed by atoms with van der Waals surface area (Å²) in [5, 5.41) is 10.6. The molecule has 40 heavy (non-hydrogen) atoms. The first-order valence-electron chi connectivity index (χ1n) is 14.0. The van der Waals surface area contributed by atoms with Crippen LogP contribution in [0.25, 0.3) is 10.9 Å². The van der Waals surface area contributed by atoms with Gasteiger partial charge in [0.2, 0.25) is 5.92 Å². The summed E-state index contributed by atoms with van der Waals surface area (Å²) in [4.78, 5) is 31.8. The van der Waals surface area contributed by atoms with E-state index in [0.29, 0.717) is 50.9 Å². The summed E-state index contributed by atoms with van der Waals surface area (Å²) >= 11 is 0. The molecule has 0 unspecified atom stereocenters. The molecule has 0 radical (unpaired) electrons. The minimum absolute atomic E-state index is 0.0810. The molecule has 3 fully saturated rings. The third kappa shape index (κ3) is 4.64. The number of carbonyl (C=O) groups excluding carboxylic acids is 1. The van der Waals surface area contributed by atoms with Crippen molar-refractivity contribution in [3.8, 4) is 5.75 Å². The minimum atomic E-state index is -2.60. The predicted octanol–water partition coefficient (Wildman–Crippen LogP) is 5.93. The molecule has 212 valence electrons. The number of alkyl halides is 2. The molecule has 1 aliphatic carbocycles. The zero-order valence-electron chi connectivity index (χ0n) is 22.9. The number of halogens is 2. The summed E-state index contributed by atoms with van der Waals surface area (Å²) in [6, 6.07) is 10.5. The number of piperidine rings is 1. The second-order valence-electron chi connectivity index (χ2n) is 11.9. The average Bonchev–Trinajstić information content (AvgIpc) is 3.60. The van der Waals surface area contributed by atoms with Crippen LogP contribution in [0, 0.1) is 12.3 Å². The summed E-state index contributed by atoms with van der Waals surface area (Å²) in [5.74, 6) is -3.06. The average molecular weight is 552 g/mol. The molecule has 3 aliphatic rings. The number of aliphatic carboxylic acids is 1. The zero-order valence-corrected chi connectivity index (χ0v) is 22.9. The quantitative estimate of drug-likeness (QED) is 0.397. The molecule has 2 atom stereocenters. The van der Waals surface area contributed by atoms with Gasteiger partial charge in [-0.3, -0.25) is 9.69 Å². The van der Waals surface area contributed by atoms with Crippen molar-refractivity contribution in [2.75, 3.05) is 20.2 Å². The number of methoxy groups -OCH3 is 1. The van der Waals surface area contributed by atoms with Crippen molar-refractivity contribution in [3.05, 3.63) is 64.8 Å². The fourth-order valence-corrected chi connectivity index (χ4v) is 7.33. The van der Waals surface area contributed by atoms with E-state index in [2.05, 4.69) is 16.0 Å². The standard InChI is InChI=1S/C31H35F2N3O4/c1-19-14-26(40-2)23(22-9-11-34-27(19)22)16-35-13-10-30(17-31(32,33)18-30)15-25(35)20-5-7-21(8-6-20)28(37)36-12-3-4-24(36)29(38)39/h5-9,11,14,24-25,34H,3-4,10,12-13,15-18H2,1-2H3,(H,38,39)/t24-,25+/m1/s1. The number of aromatic amines is 1. The third-order valence-electron chi connectivity index (χ3n) is 9.30. The van der Waals surface area contributed by atoms with E-state index in [1.165, 1.54) is 4.90 Å². The third-order valence-corrected chi connectivity index (χ3v) is 9.30. The lowest BCUT2D eigenvalue weighted by atomic mass is 9.59. The Morgan fingerprint density at radius 2 is 1.90 bits per heavy atom. The number of carboxylic acid groups (broad SMARTS) is 1. The Bertz CT molecular complexity index is 1440. The Morgan fingerprint density at radius 3 is 2.58 bits per heavy atom. The number of nitrogens with zero attached hydrogens (tertiary/aromatic N) is 2. The Kier molecular flexibility index (Phi) is 6.60. The molecular weight excluding hydrogens is 516 g/mol. The van der Waals surface area contributed by atoms with Gasteiger partial charge in [-0.1, -0.05) is 12.1 Å². The van der Waals surface area contributed by atoms with Crippen molar-refractivity contribution < 1.29 is 28.2 Å². The van der Waals surface area contributed by atoms with Crippen LogP contribution in [0.4, 0.5) is 8.78 Å². The number of H-pyrrole nitrogens is 1. The van der Waals surface area contributed by atoms with Gasteiger partial charge in [0.05, 0.1) is 7.11 Å². The molecule has 1 saturated carbocycles. The molecule has 3 aromatic rings. The normalized spacial score (nSPS) is 23.9. The van der Waals surface area contributed by atoms with Crippen LogP contribution in [0.3, 0.4) is 0 Å². The lowest BCUT2D eigenvalue weighted by Gasteiger charge is -2.54. The SMILES string of the molecule is COc1cc(C)c2[nH]ccc2c1CN1CCC2(C[C@H]1c1ccc(C(=O)N3CCC[C@@H]3C(=O)O)cc1)CC(F)(F)C2. The van der Waals surface area contributed by atoms with Crippen LogP contribution in [-0.2, 0) is 11.3 Å². The van der Waals surface area contributed by atoms with E-state index in [1.807, 2.05) is 31.3 Å². The lowest BCUT2D eigenvalue weighted by Crippen LogP contribution is -2.53. The van der Waals surface area contributed by atoms with Crippen LogP contribution in [0.2, 0.25) is 0 Å². The van der Waals surface area contributed by atoms with Gasteiger partial charge in [0.25, 0.3) is 5.91 Å². The van der Waals surface area contributed by atoms with E-state index < -0.39 is 17.9 Å². The summed E-state index contributed by atoms with van der Waals surface area (Å²) in [7, 11) is 1.67. The molecule has 1 amide bonds. The topological polar surface area (TPSA) is 85.9 Å². The number of likely N-dealkylation sites (tertiary alicyclic amines) is 2. The smallest absolute Gasteiger partial charge is 0.326 e. The van der Waals surface area contributed by atoms with Gasteiger partial charge in [-0.05, 0) is 80.0 Å². The van der Waals surface area contributed by atoms with Crippen LogP contribution in [0.1, 0.15) is 71.6 Å². The number of hydrogen-bond acceptors (Lipinski definition) is 4. The molecule has 3 heterocycles. The van der Waals surface area contributed by atoms with Crippen molar-refractivity contribution in [2.45, 2.75) is 70.0 Å². The van der Waals surface area contributed by atoms with Gasteiger partial charge >= 0.3 is 5.97 Å². The Morgan fingerprint density at radius 1 is 1.15 bits per heavy atom. The molecule has 2 saturated heterocycles. The van der Waals surface area contributed by atoms with E-state index in [1.54, 1.807) is 19.2 Å². The first kappa shape index (κ1) is 26.7. The molecule has 0 bridgehead atoms. The minimum Gasteiger partial charge on any atom is -0.496 e. The first-order chi connectivity index (χ1) is 19.1. The molecule has 6 rings (SSSR count). The molecule has 2 aromatic carbocycles. The van der Waals surface area contributed by atoms with Crippen LogP contribution < -0.4 is 4.74 Å². The highest BCUT2D eigenvalue weighted by molar-refractivity contribution is 5.97. The van der Waals surface area contributed by atoms with Gasteiger partial charge in [-0.15, -0.1) is 0 Å². The Balaban J connectivity index is 1.30. The Hall–Kier alpha value is -3.46. The number of carboxylic acids is 1. The van der Waals surface area contributed by atoms with Gasteiger partial charge in [0, 0.05) is 60.2 Å². The molecule has 2 aliphatic heterocycles. The highest BCUT2D eigenvalue weighted by atomic mass is 19.3. The molecule has 1 spiro atoms. The van der Waals surface area contributed by atoms with Crippen molar-refractivity contribution in [1.82, 2.24) is 14.8 Å². The monoisotopic (exact) mass is 551 g/mol. The van der Waals surface area contributed by atoms with Crippen LogP contribution in [0.15, 0.2) is 42.6 Å². The highest BCUT2D eigenvalue weighted by Gasteiger charge is 2.58. The fraction of sp³-hybridized carbons (Fsp3) is 0.484. The summed E-state index contributed by atoms with van der Waals surface area (Å²) in [6.45, 7) is 3.75. The van der Waals surface area contributed by atoms with Crippen molar-refractivity contribution >= 4 is 22.8 Å². The number of ether oxygens (including phenoxy) is 1.